The predicted octanol–water partition coefficient (Wildman–Crippen LogP) is 1.48. The summed E-state index contributed by atoms with van der Waals surface area (Å²) >= 11 is 0. The van der Waals surface area contributed by atoms with Crippen LogP contribution in [0.2, 0.25) is 0 Å². The molecule has 0 fully saturated rings. The number of aliphatic carboxylic acids is 1. The van der Waals surface area contributed by atoms with Gasteiger partial charge in [-0.25, -0.2) is 12.8 Å². The summed E-state index contributed by atoms with van der Waals surface area (Å²) in [5, 5.41) is 8.59. The predicted molar refractivity (Wildman–Crippen MR) is 60.5 cm³/mol. The number of carboxylic acids is 1. The fourth-order valence-corrected chi connectivity index (χ4v) is 2.68. The van der Waals surface area contributed by atoms with E-state index in [0.717, 1.165) is 13.0 Å². The molecule has 0 heterocycles. The van der Waals surface area contributed by atoms with Crippen LogP contribution in [-0.4, -0.2) is 31.9 Å². The van der Waals surface area contributed by atoms with Gasteiger partial charge >= 0.3 is 12.3 Å². The topological polar surface area (TPSA) is 92.7 Å². The van der Waals surface area contributed by atoms with Gasteiger partial charge in [0.2, 0.25) is 10.0 Å². The van der Waals surface area contributed by atoms with Crippen LogP contribution in [0, 0.1) is 5.82 Å². The quantitative estimate of drug-likeness (QED) is 0.797. The molecule has 0 saturated carbocycles. The molecule has 0 aliphatic rings. The van der Waals surface area contributed by atoms with Gasteiger partial charge in [-0.1, -0.05) is 6.07 Å². The molecule has 1 aromatic carbocycles. The van der Waals surface area contributed by atoms with Gasteiger partial charge in [-0.05, 0) is 19.1 Å². The molecule has 0 saturated heterocycles. The molecule has 0 amide bonds. The number of hydrogen-bond donors (Lipinski definition) is 2. The Hall–Kier alpha value is -1.88. The monoisotopic (exact) mass is 331 g/mol. The molecule has 1 rings (SSSR count). The van der Waals surface area contributed by atoms with Crippen molar-refractivity contribution >= 4 is 16.0 Å². The van der Waals surface area contributed by atoms with Gasteiger partial charge in [-0.3, -0.25) is 4.79 Å². The number of nitrogens with one attached hydrogen (secondary N) is 1. The Kier molecular flexibility index (Phi) is 4.79. The molecule has 0 radical (unpaired) electrons. The molecule has 0 aliphatic carbocycles. The summed E-state index contributed by atoms with van der Waals surface area (Å²) in [6.07, 6.45) is -5.24. The average Bonchev–Trinajstić information content (AvgIpc) is 2.25. The normalized spacial score (nSPS) is 13.8. The molecule has 6 nitrogen and oxygen atoms in total. The van der Waals surface area contributed by atoms with Gasteiger partial charge in [0.15, 0.2) is 10.6 Å². The SMILES string of the molecule is C[C@H](NS(=O)(=O)c1c(F)cccc1OC(F)(F)F)C(=O)O. The second-order valence-corrected chi connectivity index (χ2v) is 5.45. The molecule has 11 heteroatoms. The van der Waals surface area contributed by atoms with Crippen molar-refractivity contribution in [3.8, 4) is 5.75 Å². The van der Waals surface area contributed by atoms with Crippen LogP contribution in [-0.2, 0) is 14.8 Å². The maximum absolute atomic E-state index is 13.6. The summed E-state index contributed by atoms with van der Waals surface area (Å²) in [4.78, 5) is 9.15. The summed E-state index contributed by atoms with van der Waals surface area (Å²) in [6, 6.07) is 0.337. The van der Waals surface area contributed by atoms with Crippen molar-refractivity contribution < 1.29 is 40.6 Å². The van der Waals surface area contributed by atoms with Crippen molar-refractivity contribution in [3.63, 3.8) is 0 Å². The van der Waals surface area contributed by atoms with E-state index in [-0.39, 0.29) is 0 Å². The number of carboxylic acid groups (broad SMARTS) is 1. The van der Waals surface area contributed by atoms with Gasteiger partial charge in [0, 0.05) is 0 Å². The zero-order valence-electron chi connectivity index (χ0n) is 10.3. The van der Waals surface area contributed by atoms with Crippen molar-refractivity contribution in [3.05, 3.63) is 24.0 Å². The largest absolute Gasteiger partial charge is 0.573 e. The van der Waals surface area contributed by atoms with Gasteiger partial charge in [-0.15, -0.1) is 13.2 Å². The van der Waals surface area contributed by atoms with Crippen molar-refractivity contribution in [1.29, 1.82) is 0 Å². The van der Waals surface area contributed by atoms with Gasteiger partial charge in [0.1, 0.15) is 11.9 Å². The second kappa shape index (κ2) is 5.85. The molecule has 118 valence electrons. The summed E-state index contributed by atoms with van der Waals surface area (Å²) in [5.41, 5.74) is 0. The van der Waals surface area contributed by atoms with Crippen molar-refractivity contribution in [1.82, 2.24) is 4.72 Å². The third-order valence-corrected chi connectivity index (χ3v) is 3.73. The third kappa shape index (κ3) is 4.56. The standard InChI is InChI=1S/C10H9F4NO5S/c1-5(9(16)17)15-21(18,19)8-6(11)3-2-4-7(8)20-10(12,13)14/h2-5,15H,1H3,(H,16,17)/t5-/m0/s1. The number of halogens is 4. The Balaban J connectivity index is 3.31. The number of carbonyl (C=O) groups is 1. The van der Waals surface area contributed by atoms with Crippen LogP contribution < -0.4 is 9.46 Å². The van der Waals surface area contributed by atoms with E-state index in [0.29, 0.717) is 12.1 Å². The van der Waals surface area contributed by atoms with Gasteiger partial charge in [0.05, 0.1) is 0 Å². The van der Waals surface area contributed by atoms with Gasteiger partial charge in [-0.2, -0.15) is 4.72 Å². The van der Waals surface area contributed by atoms with E-state index in [1.54, 1.807) is 0 Å². The lowest BCUT2D eigenvalue weighted by Gasteiger charge is -2.15. The maximum Gasteiger partial charge on any atom is 0.573 e. The number of alkyl halides is 3. The van der Waals surface area contributed by atoms with Crippen molar-refractivity contribution in [2.75, 3.05) is 0 Å². The molecule has 0 unspecified atom stereocenters. The fourth-order valence-electron chi connectivity index (χ4n) is 1.30. The van der Waals surface area contributed by atoms with Crippen LogP contribution in [0.4, 0.5) is 17.6 Å². The number of benzene rings is 1. The summed E-state index contributed by atoms with van der Waals surface area (Å²) in [5.74, 6) is -4.40. The molecule has 2 N–H and O–H groups in total. The zero-order chi connectivity index (χ0) is 16.4. The van der Waals surface area contributed by atoms with E-state index < -0.39 is 44.9 Å². The minimum atomic E-state index is -5.24. The summed E-state index contributed by atoms with van der Waals surface area (Å²) in [7, 11) is -4.87. The highest BCUT2D eigenvalue weighted by Crippen LogP contribution is 2.31. The Labute approximate surface area is 116 Å². The average molecular weight is 331 g/mol. The van der Waals surface area contributed by atoms with Crippen LogP contribution in [0.25, 0.3) is 0 Å². The highest BCUT2D eigenvalue weighted by Gasteiger charge is 2.36. The van der Waals surface area contributed by atoms with Crippen LogP contribution in [0.5, 0.6) is 5.75 Å². The van der Waals surface area contributed by atoms with Crippen LogP contribution in [0.3, 0.4) is 0 Å². The first-order chi connectivity index (χ1) is 9.44. The van der Waals surface area contributed by atoms with Gasteiger partial charge in [0.25, 0.3) is 0 Å². The van der Waals surface area contributed by atoms with Crippen LogP contribution in [0.15, 0.2) is 23.1 Å². The number of sulfonamides is 1. The summed E-state index contributed by atoms with van der Waals surface area (Å²) in [6.45, 7) is 0.922. The van der Waals surface area contributed by atoms with E-state index in [1.807, 2.05) is 0 Å². The molecule has 1 atom stereocenters. The van der Waals surface area contributed by atoms with Gasteiger partial charge < -0.3 is 9.84 Å². The van der Waals surface area contributed by atoms with E-state index in [1.165, 1.54) is 4.72 Å². The number of rotatable bonds is 5. The lowest BCUT2D eigenvalue weighted by molar-refractivity contribution is -0.275. The molecule has 21 heavy (non-hydrogen) atoms. The lowest BCUT2D eigenvalue weighted by atomic mass is 10.3. The Morgan fingerprint density at radius 3 is 2.43 bits per heavy atom. The summed E-state index contributed by atoms with van der Waals surface area (Å²) < 4.78 is 78.7. The van der Waals surface area contributed by atoms with E-state index in [9.17, 15) is 30.8 Å². The highest BCUT2D eigenvalue weighted by atomic mass is 32.2. The Morgan fingerprint density at radius 1 is 1.38 bits per heavy atom. The second-order valence-electron chi connectivity index (χ2n) is 3.80. The van der Waals surface area contributed by atoms with Crippen LogP contribution >= 0.6 is 0 Å². The Bertz CT molecular complexity index is 643. The molecule has 0 bridgehead atoms. The fraction of sp³-hybridized carbons (Fsp3) is 0.300. The van der Waals surface area contributed by atoms with E-state index >= 15 is 0 Å². The number of hydrogen-bond acceptors (Lipinski definition) is 4. The maximum atomic E-state index is 13.6. The molecule has 0 aliphatic heterocycles. The van der Waals surface area contributed by atoms with E-state index in [2.05, 4.69) is 4.74 Å². The zero-order valence-corrected chi connectivity index (χ0v) is 11.1. The molecule has 0 aromatic heterocycles. The smallest absolute Gasteiger partial charge is 0.480 e. The lowest BCUT2D eigenvalue weighted by Crippen LogP contribution is -2.39. The van der Waals surface area contributed by atoms with Crippen molar-refractivity contribution in [2.45, 2.75) is 24.2 Å². The van der Waals surface area contributed by atoms with Crippen LogP contribution in [0.1, 0.15) is 6.92 Å². The first-order valence-corrected chi connectivity index (χ1v) is 6.72. The number of ether oxygens (including phenoxy) is 1. The first kappa shape index (κ1) is 17.2. The Morgan fingerprint density at radius 2 is 1.95 bits per heavy atom. The van der Waals surface area contributed by atoms with Crippen molar-refractivity contribution in [2.24, 2.45) is 0 Å². The third-order valence-electron chi connectivity index (χ3n) is 2.13. The van der Waals surface area contributed by atoms with E-state index in [4.69, 9.17) is 5.11 Å². The molecule has 1 aromatic rings. The highest BCUT2D eigenvalue weighted by molar-refractivity contribution is 7.89. The first-order valence-electron chi connectivity index (χ1n) is 5.23. The molecular weight excluding hydrogens is 322 g/mol. The molecular formula is C10H9F4NO5S. The minimum absolute atomic E-state index is 0.594. The minimum Gasteiger partial charge on any atom is -0.480 e. The molecule has 0 spiro atoms.